The van der Waals surface area contributed by atoms with Gasteiger partial charge in [-0.15, -0.1) is 0 Å². The van der Waals surface area contributed by atoms with E-state index in [-0.39, 0.29) is 31.6 Å². The Morgan fingerprint density at radius 2 is 1.27 bits per heavy atom. The zero-order valence-corrected chi connectivity index (χ0v) is 13.9. The smallest absolute Gasteiger partial charge is 0.121 e. The van der Waals surface area contributed by atoms with Gasteiger partial charge < -0.3 is 4.48 Å². The fourth-order valence-corrected chi connectivity index (χ4v) is 2.92. The minimum absolute atomic E-state index is 0. The largest absolute Gasteiger partial charge is 0.301 e. The molecular weight excluding hydrogens is 261 g/mol. The van der Waals surface area contributed by atoms with Crippen molar-refractivity contribution in [2.75, 3.05) is 21.1 Å². The van der Waals surface area contributed by atoms with Crippen LogP contribution in [-0.4, -0.2) is 25.6 Å². The summed E-state index contributed by atoms with van der Waals surface area (Å²) in [4.78, 5) is 0. The molecule has 0 aliphatic heterocycles. The molecule has 1 nitrogen and oxygen atoms in total. The van der Waals surface area contributed by atoms with Crippen molar-refractivity contribution in [3.63, 3.8) is 0 Å². The molecule has 0 aromatic carbocycles. The van der Waals surface area contributed by atoms with Crippen molar-refractivity contribution in [3.8, 4) is 0 Å². The Hall–Kier alpha value is 0.323. The number of allylic oxidation sites excluding steroid dienone is 3. The molecule has 0 spiro atoms. The molecule has 1 aliphatic rings. The van der Waals surface area contributed by atoms with Gasteiger partial charge >= 0.3 is 0 Å². The van der Waals surface area contributed by atoms with Gasteiger partial charge in [-0.1, -0.05) is 5.57 Å². The van der Waals surface area contributed by atoms with Crippen molar-refractivity contribution in [2.24, 2.45) is 5.41 Å². The average Bonchev–Trinajstić information content (AvgIpc) is 2.10. The molecule has 15 heavy (non-hydrogen) atoms. The van der Waals surface area contributed by atoms with Crippen molar-refractivity contribution in [1.29, 1.82) is 0 Å². The summed E-state index contributed by atoms with van der Waals surface area (Å²) in [5.41, 5.74) is 6.27. The predicted octanol–water partition coefficient (Wildman–Crippen LogP) is 3.34. The molecule has 0 unspecified atom stereocenters. The Balaban J connectivity index is 0.00000196. The van der Waals surface area contributed by atoms with Gasteiger partial charge in [0.2, 0.25) is 0 Å². The van der Waals surface area contributed by atoms with Gasteiger partial charge in [-0.25, -0.2) is 0 Å². The molecule has 0 heterocycles. The van der Waals surface area contributed by atoms with Gasteiger partial charge in [-0.2, -0.15) is 0 Å². The number of rotatable bonds is 1. The standard InChI is InChI=1S/C13H24N.Zr/c1-9-10(2)12(14(6,7)8)13(4,5)11(9)3;/h1-8H3;/q+1;. The van der Waals surface area contributed by atoms with Gasteiger partial charge in [0.05, 0.1) is 26.6 Å². The molecule has 2 heteroatoms. The molecule has 0 aromatic heterocycles. The minimum atomic E-state index is 0. The van der Waals surface area contributed by atoms with Crippen LogP contribution in [0.2, 0.25) is 0 Å². The molecule has 1 rings (SSSR count). The van der Waals surface area contributed by atoms with Gasteiger partial charge in [0, 0.05) is 31.8 Å². The van der Waals surface area contributed by atoms with Crippen LogP contribution in [-0.2, 0) is 26.2 Å². The summed E-state index contributed by atoms with van der Waals surface area (Å²) in [6, 6.07) is 0. The molecule has 0 amide bonds. The van der Waals surface area contributed by atoms with Crippen LogP contribution in [0.25, 0.3) is 0 Å². The number of nitrogens with zero attached hydrogens (tertiary/aromatic N) is 1. The maximum absolute atomic E-state index is 2.33. The quantitative estimate of drug-likeness (QED) is 0.648. The fraction of sp³-hybridized carbons (Fsp3) is 0.692. The van der Waals surface area contributed by atoms with Crippen LogP contribution in [0.3, 0.4) is 0 Å². The molecule has 0 bridgehead atoms. The van der Waals surface area contributed by atoms with E-state index in [0.29, 0.717) is 0 Å². The van der Waals surface area contributed by atoms with E-state index < -0.39 is 0 Å². The minimum Gasteiger partial charge on any atom is -0.301 e. The topological polar surface area (TPSA) is 0 Å². The second-order valence-electron chi connectivity index (χ2n) is 5.86. The maximum atomic E-state index is 2.33. The summed E-state index contributed by atoms with van der Waals surface area (Å²) in [7, 11) is 6.77. The van der Waals surface area contributed by atoms with Crippen molar-refractivity contribution in [2.45, 2.75) is 34.6 Å². The van der Waals surface area contributed by atoms with Gasteiger partial charge in [-0.05, 0) is 40.2 Å². The zero-order chi connectivity index (χ0) is 11.3. The second kappa shape index (κ2) is 4.30. The number of hydrogen-bond acceptors (Lipinski definition) is 0. The van der Waals surface area contributed by atoms with E-state index in [1.807, 2.05) is 0 Å². The third-order valence-corrected chi connectivity index (χ3v) is 3.68. The van der Waals surface area contributed by atoms with Crippen LogP contribution in [0.5, 0.6) is 0 Å². The fourth-order valence-electron chi connectivity index (χ4n) is 2.92. The molecule has 0 saturated heterocycles. The van der Waals surface area contributed by atoms with E-state index in [2.05, 4.69) is 55.8 Å². The number of quaternary nitrogens is 1. The Bertz CT molecular complexity index is 327. The molecule has 0 N–H and O–H groups in total. The Kier molecular flexibility index (Phi) is 4.39. The first-order valence-electron chi connectivity index (χ1n) is 5.32. The van der Waals surface area contributed by atoms with Gasteiger partial charge in [-0.3, -0.25) is 0 Å². The van der Waals surface area contributed by atoms with Crippen LogP contribution >= 0.6 is 0 Å². The van der Waals surface area contributed by atoms with Crippen molar-refractivity contribution >= 4 is 0 Å². The molecular formula is C13H24NZr+. The third-order valence-electron chi connectivity index (χ3n) is 3.68. The van der Waals surface area contributed by atoms with Crippen molar-refractivity contribution in [1.82, 2.24) is 0 Å². The van der Waals surface area contributed by atoms with Crippen LogP contribution < -0.4 is 0 Å². The van der Waals surface area contributed by atoms with E-state index in [1.165, 1.54) is 16.7 Å². The van der Waals surface area contributed by atoms with Crippen LogP contribution in [0, 0.1) is 5.41 Å². The molecule has 0 saturated carbocycles. The molecule has 84 valence electrons. The van der Waals surface area contributed by atoms with Crippen molar-refractivity contribution in [3.05, 3.63) is 22.4 Å². The van der Waals surface area contributed by atoms with Crippen LogP contribution in [0.4, 0.5) is 0 Å². The Labute approximate surface area is 114 Å². The Morgan fingerprint density at radius 3 is 1.40 bits per heavy atom. The van der Waals surface area contributed by atoms with Crippen LogP contribution in [0.15, 0.2) is 22.4 Å². The first-order valence-corrected chi connectivity index (χ1v) is 5.32. The molecule has 0 atom stereocenters. The Morgan fingerprint density at radius 1 is 0.867 bits per heavy atom. The number of hydrogen-bond donors (Lipinski definition) is 0. The van der Waals surface area contributed by atoms with E-state index in [1.54, 1.807) is 5.70 Å². The van der Waals surface area contributed by atoms with Gasteiger partial charge in [0.15, 0.2) is 0 Å². The van der Waals surface area contributed by atoms with Gasteiger partial charge in [0.25, 0.3) is 0 Å². The van der Waals surface area contributed by atoms with E-state index in [0.717, 1.165) is 4.48 Å². The first-order chi connectivity index (χ1) is 6.10. The van der Waals surface area contributed by atoms with E-state index >= 15 is 0 Å². The third kappa shape index (κ3) is 2.37. The summed E-state index contributed by atoms with van der Waals surface area (Å²) in [6.45, 7) is 11.4. The summed E-state index contributed by atoms with van der Waals surface area (Å²) < 4.78 is 0.938. The first kappa shape index (κ1) is 15.3. The predicted molar refractivity (Wildman–Crippen MR) is 62.9 cm³/mol. The van der Waals surface area contributed by atoms with E-state index in [4.69, 9.17) is 0 Å². The second-order valence-corrected chi connectivity index (χ2v) is 5.86. The summed E-state index contributed by atoms with van der Waals surface area (Å²) >= 11 is 0. The molecule has 1 aliphatic carbocycles. The van der Waals surface area contributed by atoms with Crippen molar-refractivity contribution < 1.29 is 30.7 Å². The van der Waals surface area contributed by atoms with E-state index in [9.17, 15) is 0 Å². The molecule has 0 aromatic rings. The summed E-state index contributed by atoms with van der Waals surface area (Å²) in [5.74, 6) is 0. The van der Waals surface area contributed by atoms with Crippen LogP contribution in [0.1, 0.15) is 34.6 Å². The normalized spacial score (nSPS) is 20.8. The summed E-state index contributed by atoms with van der Waals surface area (Å²) in [5, 5.41) is 0. The SMILES string of the molecule is CC1=C(C)C(C)(C)C([N+](C)(C)C)=C1C.[Zr]. The molecule has 0 fully saturated rings. The monoisotopic (exact) mass is 284 g/mol. The van der Waals surface area contributed by atoms with Gasteiger partial charge in [0.1, 0.15) is 5.70 Å². The average molecular weight is 286 g/mol. The summed E-state index contributed by atoms with van der Waals surface area (Å²) in [6.07, 6.45) is 0. The zero-order valence-electron chi connectivity index (χ0n) is 11.4. The molecule has 0 radical (unpaired) electrons. The maximum Gasteiger partial charge on any atom is 0.121 e.